The first-order valence-corrected chi connectivity index (χ1v) is 16.8. The van der Waals surface area contributed by atoms with E-state index in [1.54, 1.807) is 4.90 Å². The minimum atomic E-state index is -0.604. The zero-order valence-corrected chi connectivity index (χ0v) is 27.6. The predicted molar refractivity (Wildman–Crippen MR) is 173 cm³/mol. The van der Waals surface area contributed by atoms with Crippen LogP contribution in [-0.4, -0.2) is 98.1 Å². The number of thioether (sulfide) groups is 1. The molecule has 3 aliphatic heterocycles. The molecule has 2 amide bonds. The van der Waals surface area contributed by atoms with Gasteiger partial charge in [-0.25, -0.2) is 4.99 Å². The van der Waals surface area contributed by atoms with Crippen molar-refractivity contribution in [2.24, 2.45) is 16.8 Å². The van der Waals surface area contributed by atoms with Crippen molar-refractivity contribution in [1.82, 2.24) is 14.7 Å². The molecule has 2 N–H and O–H groups in total. The van der Waals surface area contributed by atoms with Gasteiger partial charge in [-0.2, -0.15) is 0 Å². The first kappa shape index (κ1) is 32.4. The smallest absolute Gasteiger partial charge is 0.245 e. The van der Waals surface area contributed by atoms with Gasteiger partial charge in [0.25, 0.3) is 0 Å². The molecule has 1 aliphatic carbocycles. The number of carbonyl (C=O) groups excluding carboxylic acids is 2. The maximum absolute atomic E-state index is 14.4. The molecule has 43 heavy (non-hydrogen) atoms. The number of amidine groups is 1. The van der Waals surface area contributed by atoms with Gasteiger partial charge >= 0.3 is 0 Å². The third-order valence-electron chi connectivity index (χ3n) is 9.29. The van der Waals surface area contributed by atoms with Gasteiger partial charge in [-0.3, -0.25) is 9.59 Å². The number of hydrogen-bond donors (Lipinski definition) is 2. The van der Waals surface area contributed by atoms with Crippen LogP contribution in [0.5, 0.6) is 0 Å². The molecule has 0 saturated carbocycles. The van der Waals surface area contributed by atoms with Crippen molar-refractivity contribution in [3.8, 4) is 0 Å². The number of benzene rings is 1. The van der Waals surface area contributed by atoms with Crippen molar-refractivity contribution in [2.75, 3.05) is 32.8 Å². The van der Waals surface area contributed by atoms with Crippen molar-refractivity contribution in [3.05, 3.63) is 57.6 Å². The van der Waals surface area contributed by atoms with Crippen LogP contribution in [0.4, 0.5) is 0 Å². The first-order chi connectivity index (χ1) is 20.5. The molecule has 2 fully saturated rings. The summed E-state index contributed by atoms with van der Waals surface area (Å²) in [6.45, 7) is 9.04. The zero-order valence-electron chi connectivity index (χ0n) is 25.2. The molecule has 1 aromatic rings. The molecule has 2 saturated heterocycles. The highest BCUT2D eigenvalue weighted by Gasteiger charge is 2.59. The molecule has 11 heteroatoms. The number of halogens is 2. The highest BCUT2D eigenvalue weighted by molar-refractivity contribution is 8.15. The maximum Gasteiger partial charge on any atom is 0.245 e. The van der Waals surface area contributed by atoms with Gasteiger partial charge in [-0.05, 0) is 67.4 Å². The lowest BCUT2D eigenvalue weighted by Gasteiger charge is -2.43. The molecule has 0 aromatic heterocycles. The Bertz CT molecular complexity index is 1310. The Kier molecular flexibility index (Phi) is 9.88. The van der Waals surface area contributed by atoms with Crippen LogP contribution in [0.15, 0.2) is 52.0 Å². The van der Waals surface area contributed by atoms with Gasteiger partial charge in [0.05, 0.1) is 25.3 Å². The number of rotatable bonds is 9. The van der Waals surface area contributed by atoms with E-state index in [0.717, 1.165) is 28.6 Å². The largest absolute Gasteiger partial charge is 0.395 e. The van der Waals surface area contributed by atoms with Crippen molar-refractivity contribution in [1.29, 1.82) is 0 Å². The average Bonchev–Trinajstić information content (AvgIpc) is 3.66. The van der Waals surface area contributed by atoms with Crippen LogP contribution in [0.2, 0.25) is 5.02 Å². The third kappa shape index (κ3) is 6.00. The van der Waals surface area contributed by atoms with Crippen LogP contribution in [0.25, 0.3) is 0 Å². The molecule has 234 valence electrons. The van der Waals surface area contributed by atoms with E-state index in [9.17, 15) is 19.8 Å². The first-order valence-electron chi connectivity index (χ1n) is 15.2. The second kappa shape index (κ2) is 13.1. The normalized spacial score (nSPS) is 30.3. The third-order valence-corrected chi connectivity index (χ3v) is 11.1. The summed E-state index contributed by atoms with van der Waals surface area (Å²) in [7, 11) is 0. The Morgan fingerprint density at radius 3 is 2.42 bits per heavy atom. The number of aliphatic hydroxyl groups excluding tert-OH is 2. The molecule has 1 aromatic carbocycles. The van der Waals surface area contributed by atoms with E-state index in [1.807, 2.05) is 30.3 Å². The van der Waals surface area contributed by atoms with Gasteiger partial charge < -0.3 is 24.9 Å². The summed E-state index contributed by atoms with van der Waals surface area (Å²) in [5.74, 6) is 0.0554. The highest BCUT2D eigenvalue weighted by atomic mass is 35.5. The number of fused-ring (bicyclic) bond motifs is 1. The van der Waals surface area contributed by atoms with Crippen molar-refractivity contribution >= 4 is 51.9 Å². The fourth-order valence-electron chi connectivity index (χ4n) is 7.20. The molecule has 4 aliphatic rings. The molecule has 0 bridgehead atoms. The Morgan fingerprint density at radius 2 is 1.81 bits per heavy atom. The van der Waals surface area contributed by atoms with E-state index >= 15 is 0 Å². The summed E-state index contributed by atoms with van der Waals surface area (Å²) >= 11 is 14.2. The van der Waals surface area contributed by atoms with Crippen LogP contribution < -0.4 is 0 Å². The molecule has 5 rings (SSSR count). The van der Waals surface area contributed by atoms with Gasteiger partial charge in [-0.15, -0.1) is 0 Å². The summed E-state index contributed by atoms with van der Waals surface area (Å²) in [5, 5.41) is 20.9. The van der Waals surface area contributed by atoms with Crippen molar-refractivity contribution in [2.45, 2.75) is 75.9 Å². The molecule has 3 heterocycles. The average molecular weight is 650 g/mol. The lowest BCUT2D eigenvalue weighted by atomic mass is 9.75. The molecular formula is C32H42Cl2N4O4S. The molecule has 8 nitrogen and oxygen atoms in total. The van der Waals surface area contributed by atoms with E-state index in [0.29, 0.717) is 18.0 Å². The number of aliphatic imine (C=N–C) groups is 1. The molecule has 6 atom stereocenters. The molecule has 3 unspecified atom stereocenters. The van der Waals surface area contributed by atoms with Gasteiger partial charge in [0, 0.05) is 29.7 Å². The standard InChI is InChI=1S/C32H42Cl2N4O4S/c1-19(2)26-27(30(42)37-13-5-6-25(37)29(41)36(14-16-39)15-17-40)43-31-35-32(4,21-7-9-22(33)10-8-21)28(38(26)31)24-12-11-23(34)18-20(24)3/h7-12,19-20,25-28,39-40H,5-6,13-18H2,1-4H3/t20?,25-,26?,27?,28+,32-/m0/s1. The quantitative estimate of drug-likeness (QED) is 0.405. The summed E-state index contributed by atoms with van der Waals surface area (Å²) < 4.78 is 0. The summed E-state index contributed by atoms with van der Waals surface area (Å²) in [5.41, 5.74) is 1.69. The van der Waals surface area contributed by atoms with E-state index in [1.165, 1.54) is 22.2 Å². The van der Waals surface area contributed by atoms with Crippen molar-refractivity contribution < 1.29 is 19.8 Å². The minimum Gasteiger partial charge on any atom is -0.395 e. The molecule has 0 radical (unpaired) electrons. The van der Waals surface area contributed by atoms with E-state index in [2.05, 4.69) is 38.7 Å². The summed E-state index contributed by atoms with van der Waals surface area (Å²) in [6.07, 6.45) is 6.18. The number of nitrogens with zero attached hydrogens (tertiary/aromatic N) is 4. The fourth-order valence-corrected chi connectivity index (χ4v) is 9.26. The minimum absolute atomic E-state index is 0.0508. The van der Waals surface area contributed by atoms with Gasteiger partial charge in [0.1, 0.15) is 16.8 Å². The summed E-state index contributed by atoms with van der Waals surface area (Å²) in [6, 6.07) is 7.02. The SMILES string of the molecule is CC1CC(Cl)=CC=C1[C@H]1N2C(=N[C@@]1(C)c1ccc(Cl)cc1)SC(C(=O)N1CCC[C@H]1C(=O)N(CCO)CCO)C2C(C)C. The van der Waals surface area contributed by atoms with Gasteiger partial charge in [-0.1, -0.05) is 73.9 Å². The highest BCUT2D eigenvalue weighted by Crippen LogP contribution is 2.53. The number of allylic oxidation sites excluding steroid dienone is 3. The van der Waals surface area contributed by atoms with E-state index in [4.69, 9.17) is 28.2 Å². The molecular weight excluding hydrogens is 607 g/mol. The maximum atomic E-state index is 14.4. The lowest BCUT2D eigenvalue weighted by Crippen LogP contribution is -2.56. The predicted octanol–water partition coefficient (Wildman–Crippen LogP) is 4.63. The Morgan fingerprint density at radius 1 is 1.14 bits per heavy atom. The monoisotopic (exact) mass is 648 g/mol. The fraction of sp³-hybridized carbons (Fsp3) is 0.594. The Hall–Kier alpha value is -2.04. The second-order valence-corrected chi connectivity index (χ2v) is 14.5. The van der Waals surface area contributed by atoms with Crippen molar-refractivity contribution in [3.63, 3.8) is 0 Å². The van der Waals surface area contributed by atoms with Crippen LogP contribution in [0.3, 0.4) is 0 Å². The number of aliphatic hydroxyl groups is 2. The number of hydrogen-bond acceptors (Lipinski definition) is 7. The van der Waals surface area contributed by atoms with E-state index in [-0.39, 0.29) is 62.0 Å². The van der Waals surface area contributed by atoms with Gasteiger partial charge in [0.2, 0.25) is 11.8 Å². The zero-order chi connectivity index (χ0) is 31.1. The molecule has 0 spiro atoms. The Balaban J connectivity index is 1.52. The van der Waals surface area contributed by atoms with Crippen LogP contribution in [0.1, 0.15) is 52.5 Å². The lowest BCUT2D eigenvalue weighted by molar-refractivity contribution is -0.144. The second-order valence-electron chi connectivity index (χ2n) is 12.5. The van der Waals surface area contributed by atoms with Crippen LogP contribution in [0, 0.1) is 11.8 Å². The Labute approximate surface area is 268 Å². The van der Waals surface area contributed by atoms with Gasteiger partial charge in [0.15, 0.2) is 5.17 Å². The summed E-state index contributed by atoms with van der Waals surface area (Å²) in [4.78, 5) is 38.8. The number of amides is 2. The topological polar surface area (TPSA) is 96.7 Å². The van der Waals surface area contributed by atoms with Crippen LogP contribution >= 0.6 is 35.0 Å². The van der Waals surface area contributed by atoms with Crippen LogP contribution in [-0.2, 0) is 15.1 Å². The van der Waals surface area contributed by atoms with E-state index < -0.39 is 16.8 Å². The number of likely N-dealkylation sites (tertiary alicyclic amines) is 1. The number of carbonyl (C=O) groups is 2.